The van der Waals surface area contributed by atoms with Gasteiger partial charge in [-0.25, -0.2) is 24.0 Å². The normalized spacial score (nSPS) is 22.4. The van der Waals surface area contributed by atoms with Crippen LogP contribution in [0.1, 0.15) is 335 Å². The van der Waals surface area contributed by atoms with E-state index < -0.39 is 66.6 Å². The van der Waals surface area contributed by atoms with Gasteiger partial charge in [-0.3, -0.25) is 29.5 Å². The van der Waals surface area contributed by atoms with E-state index in [1.807, 2.05) is 131 Å². The van der Waals surface area contributed by atoms with Crippen molar-refractivity contribution in [2.24, 2.45) is 35.5 Å². The number of aryl methyl sites for hydroxylation is 5. The predicted molar refractivity (Wildman–Crippen MR) is 595 cm³/mol. The Balaban J connectivity index is 0.000000228. The minimum absolute atomic E-state index is 0.0270. The van der Waals surface area contributed by atoms with Crippen LogP contribution in [-0.2, 0) is 60.7 Å². The molecule has 0 bridgehead atoms. The second-order valence-electron chi connectivity index (χ2n) is 40.1. The number of anilines is 2. The smallest absolute Gasteiger partial charge is 0.348 e. The number of unbranched alkanes of at least 4 members (excludes halogenated alkanes) is 5. The van der Waals surface area contributed by atoms with Gasteiger partial charge in [0, 0.05) is 75.3 Å². The Morgan fingerprint density at radius 1 is 0.456 bits per heavy atom. The minimum atomic E-state index is -0.895. The molecule has 4 amide bonds. The number of carboxylic acid groups (broad SMARTS) is 3. The van der Waals surface area contributed by atoms with Crippen LogP contribution >= 0.6 is 103 Å². The van der Waals surface area contributed by atoms with E-state index in [9.17, 15) is 84.3 Å². The number of thiophene rings is 4. The number of amides is 4. The Bertz CT molecular complexity index is 5280. The van der Waals surface area contributed by atoms with Gasteiger partial charge in [-0.15, -0.1) is 80.1 Å². The number of hydrogen-bond donors (Lipinski definition) is 13. The molecule has 2 aliphatic heterocycles. The van der Waals surface area contributed by atoms with E-state index >= 15 is 0 Å². The second kappa shape index (κ2) is 66.7. The first kappa shape index (κ1) is 127. The number of ether oxygens (including phenoxy) is 3. The average molecular weight is 2240 g/mol. The summed E-state index contributed by atoms with van der Waals surface area (Å²) in [5.41, 5.74) is 4.19. The monoisotopic (exact) mass is 2240 g/mol. The maximum atomic E-state index is 12.5. The number of rotatable bonds is 55. The fourth-order valence-electron chi connectivity index (χ4n) is 19.4. The third kappa shape index (κ3) is 44.0. The highest BCUT2D eigenvalue weighted by Crippen LogP contribution is 2.45. The standard InChI is InChI=1S/C26H34N2O5S.C26H35NO5S.C21H23Cl3O3S.C21H31ClO5S.C20H33ClO5/c1-4-5-6-10-22(29)18-11-13-19(14-12-18)28-21(24(30)27-26(28)32)9-7-8-20-15-16-23(34-20)25(31)33-17(2)3;1-4-5-6-9-22(28)19-11-13-20(14-12-19)27-24(29)17-31-25(27)10-7-8-21-15-16-23(33-21)26(30)32-18(2)3;22-13-8-12(9-14(23)10-13)4-6-17-16(18(24)11-19(17)25)3-1-2-15-5-7-20(28-15)21(26)27;1-13(23)4-2-5-14(24)8-10-17-16(18(22)12-19(17)25)7-3-6-15-9-11-20(28-15)21(26)27;1-14(22)7-6-8-15(23)11-12-17-16(18(21)13-19(17)24)9-4-2-3-5-10-20(25)26/h11-17,21-22,29H,4-10H2,1-3H3,(H,27,30,32);11-16,18,22,25,28H,4-10,17H2,1-3H3;5,7-10,16-19,25H,1-4,6,11H2,(H,26,27);8-11,13-14,16-19,23-25H,2-7,12H2,1H3,(H,26,27);2,4,11-12,14-19,22-24H,3,5-10,13H2,1H3,(H,25,26)/b;;;10-8+;4-2-,12-11+/t;;16-,17-,18-,19-;13-,14+,16-,17-,18-,19-;14-,15+,16-,17-,18-,19-/m..111/s1. The lowest BCUT2D eigenvalue weighted by atomic mass is 9.85. The van der Waals surface area contributed by atoms with Crippen molar-refractivity contribution in [3.8, 4) is 0 Å². The summed E-state index contributed by atoms with van der Waals surface area (Å²) >= 11 is 37.1. The van der Waals surface area contributed by atoms with Gasteiger partial charge in [-0.2, -0.15) is 0 Å². The number of imide groups is 1. The molecule has 4 unspecified atom stereocenters. The summed E-state index contributed by atoms with van der Waals surface area (Å²) < 4.78 is 16.2. The van der Waals surface area contributed by atoms with Crippen LogP contribution < -0.4 is 15.1 Å². The highest BCUT2D eigenvalue weighted by molar-refractivity contribution is 7.15. The number of alkyl halides is 3. The molecule has 5 aliphatic rings. The maximum absolute atomic E-state index is 12.5. The van der Waals surface area contributed by atoms with Crippen LogP contribution in [0.25, 0.3) is 0 Å². The Morgan fingerprint density at radius 2 is 0.879 bits per heavy atom. The Labute approximate surface area is 919 Å². The van der Waals surface area contributed by atoms with E-state index in [4.69, 9.17) is 87.5 Å². The molecular weight excluding hydrogens is 2080 g/mol. The molecule has 6 heterocycles. The van der Waals surface area contributed by atoms with Gasteiger partial charge in [0.15, 0.2) is 0 Å². The summed E-state index contributed by atoms with van der Waals surface area (Å²) in [6.07, 6.45) is 33.2. The number of nitrogens with zero attached hydrogens (tertiary/aromatic N) is 2. The summed E-state index contributed by atoms with van der Waals surface area (Å²) in [6.45, 7) is 15.1. The molecule has 7 aromatic rings. The van der Waals surface area contributed by atoms with Gasteiger partial charge in [0.2, 0.25) is 0 Å². The topological polar surface area (TPSA) is 426 Å². The number of aliphatic hydroxyl groups is 9. The van der Waals surface area contributed by atoms with Crippen molar-refractivity contribution < 1.29 is 114 Å². The first-order valence-corrected chi connectivity index (χ1v) is 58.2. The van der Waals surface area contributed by atoms with Crippen molar-refractivity contribution in [2.75, 3.05) is 16.4 Å². The van der Waals surface area contributed by atoms with Crippen LogP contribution in [0.3, 0.4) is 0 Å². The van der Waals surface area contributed by atoms with E-state index in [1.54, 1.807) is 67.3 Å². The zero-order chi connectivity index (χ0) is 109. The molecule has 3 aromatic carbocycles. The number of hydrogen-bond acceptors (Lipinski definition) is 24. The molecule has 0 spiro atoms. The molecule has 149 heavy (non-hydrogen) atoms. The average Bonchev–Trinajstić information content (AvgIpc) is 1.65. The third-order valence-electron chi connectivity index (χ3n) is 27.2. The fourth-order valence-corrected chi connectivity index (χ4v) is 25.0. The maximum Gasteiger partial charge on any atom is 0.348 e. The van der Waals surface area contributed by atoms with Crippen molar-refractivity contribution in [2.45, 2.75) is 376 Å². The number of nitrogens with one attached hydrogen (secondary N) is 1. The molecule has 3 aliphatic carbocycles. The SMILES string of the molecule is CCCCCC(O)c1ccc(N2C(=O)COC2CCCc2ccc(C(=O)OC(C)C)s2)cc1.CCCCCC(O)c1ccc(N2C(=O)NC(=O)C2CCCc2ccc(C(=O)OC(C)C)s2)cc1.C[C@@H](O)CCC[C@H](O)/C=C/[C@@H]1[C@@H](C/C=C\CCCC(=O)O)[C@H](Cl)C[C@H]1O.C[C@@H](O)CCC[C@H](O)/C=C/[C@@H]1[C@@H](CCCc2ccc(C(=O)O)s2)[C@H](Cl)C[C@H]1O.O=C(O)c1ccc(CCC[C@@H]2[C@@H](CCc3cc(Cl)cc(Cl)c3)[C@H](O)C[C@H]2Cl)s1. The Kier molecular flexibility index (Phi) is 56.7. The predicted octanol–water partition coefficient (Wildman–Crippen LogP) is 24.4. The van der Waals surface area contributed by atoms with Crippen molar-refractivity contribution >= 4 is 162 Å². The first-order valence-electron chi connectivity index (χ1n) is 52.8. The lowest BCUT2D eigenvalue weighted by Gasteiger charge is -2.23. The van der Waals surface area contributed by atoms with Crippen LogP contribution in [0.2, 0.25) is 10.0 Å². The van der Waals surface area contributed by atoms with Gasteiger partial charge in [0.1, 0.15) is 38.4 Å². The van der Waals surface area contributed by atoms with E-state index in [1.165, 1.54) is 50.2 Å². The van der Waals surface area contributed by atoms with Crippen molar-refractivity contribution in [1.82, 2.24) is 5.32 Å². The molecule has 26 nitrogen and oxygen atoms in total. The highest BCUT2D eigenvalue weighted by atomic mass is 35.5. The number of benzene rings is 3. The molecular formula is C114H156Cl5N3O23S4. The van der Waals surface area contributed by atoms with Crippen molar-refractivity contribution in [1.29, 1.82) is 0 Å². The molecule has 5 fully saturated rings. The van der Waals surface area contributed by atoms with Crippen LogP contribution in [-0.4, -0.2) is 199 Å². The van der Waals surface area contributed by atoms with Crippen molar-refractivity contribution in [3.05, 3.63) is 217 Å². The molecule has 824 valence electrons. The van der Waals surface area contributed by atoms with Gasteiger partial charge in [-0.1, -0.05) is 136 Å². The second-order valence-corrected chi connectivity index (χ2v) is 47.3. The summed E-state index contributed by atoms with van der Waals surface area (Å²) in [6, 6.07) is 33.8. The number of esters is 2. The third-order valence-corrected chi connectivity index (χ3v) is 33.7. The number of carbonyl (C=O) groups excluding carboxylic acids is 5. The van der Waals surface area contributed by atoms with E-state index in [2.05, 4.69) is 19.2 Å². The zero-order valence-electron chi connectivity index (χ0n) is 86.9. The number of allylic oxidation sites excluding steroid dienone is 2. The number of aromatic carboxylic acids is 2. The van der Waals surface area contributed by atoms with Gasteiger partial charge in [0.25, 0.3) is 11.8 Å². The van der Waals surface area contributed by atoms with Gasteiger partial charge in [-0.05, 0) is 353 Å². The number of halogens is 5. The Morgan fingerprint density at radius 3 is 1.33 bits per heavy atom. The van der Waals surface area contributed by atoms with Crippen molar-refractivity contribution in [3.63, 3.8) is 0 Å². The van der Waals surface area contributed by atoms with Gasteiger partial charge < -0.3 is 75.5 Å². The molecule has 20 atom stereocenters. The van der Waals surface area contributed by atoms with Gasteiger partial charge >= 0.3 is 35.9 Å². The summed E-state index contributed by atoms with van der Waals surface area (Å²) in [7, 11) is 0. The summed E-state index contributed by atoms with van der Waals surface area (Å²) in [5, 5.41) is 121. The van der Waals surface area contributed by atoms with Crippen LogP contribution in [0.4, 0.5) is 16.2 Å². The lowest BCUT2D eigenvalue weighted by Crippen LogP contribution is -2.35. The molecule has 13 N–H and O–H groups in total. The van der Waals surface area contributed by atoms with Gasteiger partial charge in [0.05, 0.1) is 67.1 Å². The molecule has 0 radical (unpaired) electrons. The number of aliphatic hydroxyl groups excluding tert-OH is 9. The quantitative estimate of drug-likeness (QED) is 0.00553. The number of aliphatic carboxylic acids is 1. The molecule has 12 rings (SSSR count). The fraction of sp³-hybridized carbons (Fsp3) is 0.579. The molecule has 35 heteroatoms. The summed E-state index contributed by atoms with van der Waals surface area (Å²) in [5.74, 6) is -3.04. The Hall–Kier alpha value is -7.51. The van der Waals surface area contributed by atoms with Crippen LogP contribution in [0.15, 0.2) is 152 Å². The first-order chi connectivity index (χ1) is 71.1. The number of urea groups is 1. The minimum Gasteiger partial charge on any atom is -0.481 e. The molecule has 2 saturated heterocycles. The largest absolute Gasteiger partial charge is 0.481 e. The molecule has 3 saturated carbocycles. The number of carbonyl (C=O) groups is 8. The van der Waals surface area contributed by atoms with E-state index in [-0.39, 0.29) is 125 Å². The van der Waals surface area contributed by atoms with E-state index in [0.29, 0.717) is 119 Å². The number of carboxylic acids is 3. The van der Waals surface area contributed by atoms with Crippen LogP contribution in [0, 0.1) is 35.5 Å². The highest BCUT2D eigenvalue weighted by Gasteiger charge is 2.44. The lowest BCUT2D eigenvalue weighted by molar-refractivity contribution is -0.137. The molecule has 4 aromatic heterocycles. The van der Waals surface area contributed by atoms with E-state index in [0.717, 1.165) is 177 Å². The zero-order valence-corrected chi connectivity index (χ0v) is 93.9. The van der Waals surface area contributed by atoms with Crippen LogP contribution in [0.5, 0.6) is 0 Å². The summed E-state index contributed by atoms with van der Waals surface area (Å²) in [4.78, 5) is 103.